The third kappa shape index (κ3) is 3.44. The van der Waals surface area contributed by atoms with Crippen LogP contribution >= 0.6 is 11.3 Å². The number of nitriles is 1. The van der Waals surface area contributed by atoms with Crippen molar-refractivity contribution < 1.29 is 4.92 Å². The van der Waals surface area contributed by atoms with E-state index in [2.05, 4.69) is 26.6 Å². The molecule has 0 spiro atoms. The number of non-ortho nitro benzene ring substituents is 1. The molecule has 4 rings (SSSR count). The summed E-state index contributed by atoms with van der Waals surface area (Å²) in [5.74, 6) is 0. The zero-order chi connectivity index (χ0) is 19.5. The van der Waals surface area contributed by atoms with Crippen molar-refractivity contribution in [1.82, 2.24) is 15.2 Å². The van der Waals surface area contributed by atoms with Gasteiger partial charge in [0.25, 0.3) is 5.69 Å². The van der Waals surface area contributed by atoms with E-state index in [4.69, 9.17) is 0 Å². The molecule has 0 bridgehead atoms. The Bertz CT molecular complexity index is 1230. The molecule has 2 N–H and O–H groups in total. The lowest BCUT2D eigenvalue weighted by atomic mass is 10.1. The van der Waals surface area contributed by atoms with Crippen molar-refractivity contribution in [2.24, 2.45) is 0 Å². The molecule has 8 nitrogen and oxygen atoms in total. The van der Waals surface area contributed by atoms with Crippen LogP contribution in [-0.4, -0.2) is 20.1 Å². The third-order valence-corrected chi connectivity index (χ3v) is 4.93. The highest BCUT2D eigenvalue weighted by Crippen LogP contribution is 2.27. The fraction of sp³-hybridized carbons (Fsp3) is 0. The quantitative estimate of drug-likeness (QED) is 0.293. The van der Waals surface area contributed by atoms with Gasteiger partial charge < -0.3 is 5.32 Å². The number of rotatable bonds is 5. The van der Waals surface area contributed by atoms with E-state index in [1.54, 1.807) is 24.5 Å². The molecule has 4 aromatic rings. The molecule has 0 atom stereocenters. The summed E-state index contributed by atoms with van der Waals surface area (Å²) in [6, 6.07) is 14.0. The summed E-state index contributed by atoms with van der Waals surface area (Å²) >= 11 is 1.33. The van der Waals surface area contributed by atoms with E-state index in [1.165, 1.54) is 23.5 Å². The lowest BCUT2D eigenvalue weighted by molar-refractivity contribution is -0.384. The Hall–Kier alpha value is -4.03. The van der Waals surface area contributed by atoms with E-state index in [1.807, 2.05) is 23.6 Å². The van der Waals surface area contributed by atoms with E-state index in [0.717, 1.165) is 22.2 Å². The molecular formula is C19H12N6O2S. The molecule has 136 valence electrons. The lowest BCUT2D eigenvalue weighted by Crippen LogP contribution is -1.91. The Morgan fingerprint density at radius 2 is 2.11 bits per heavy atom. The molecule has 0 saturated heterocycles. The van der Waals surface area contributed by atoms with Gasteiger partial charge in [0.1, 0.15) is 16.6 Å². The topological polar surface area (TPSA) is 121 Å². The summed E-state index contributed by atoms with van der Waals surface area (Å²) < 4.78 is 0. The first-order valence-corrected chi connectivity index (χ1v) is 9.02. The zero-order valence-corrected chi connectivity index (χ0v) is 15.1. The molecular weight excluding hydrogens is 376 g/mol. The Morgan fingerprint density at radius 3 is 2.86 bits per heavy atom. The summed E-state index contributed by atoms with van der Waals surface area (Å²) in [7, 11) is 0. The highest BCUT2D eigenvalue weighted by atomic mass is 32.1. The second-order valence-corrected chi connectivity index (χ2v) is 6.69. The second kappa shape index (κ2) is 7.30. The lowest BCUT2D eigenvalue weighted by Gasteiger charge is -2.01. The molecule has 0 saturated carbocycles. The number of benzene rings is 2. The first kappa shape index (κ1) is 17.4. The van der Waals surface area contributed by atoms with Crippen LogP contribution in [0.25, 0.3) is 27.7 Å². The Morgan fingerprint density at radius 1 is 1.29 bits per heavy atom. The first-order chi connectivity index (χ1) is 13.6. The Labute approximate surface area is 162 Å². The van der Waals surface area contributed by atoms with Gasteiger partial charge in [-0.25, -0.2) is 4.98 Å². The van der Waals surface area contributed by atoms with Crippen molar-refractivity contribution in [2.45, 2.75) is 0 Å². The van der Waals surface area contributed by atoms with Crippen molar-refractivity contribution in [1.29, 1.82) is 5.26 Å². The SMILES string of the molecule is N#C/C(=C\Nc1ccc2cn[nH]c2c1)c1nc(-c2ccc([N+](=O)[O-])cc2)cs1. The molecule has 0 aliphatic rings. The zero-order valence-electron chi connectivity index (χ0n) is 14.3. The number of hydrogen-bond donors (Lipinski definition) is 2. The molecule has 9 heteroatoms. The summed E-state index contributed by atoms with van der Waals surface area (Å²) in [5.41, 5.74) is 3.54. The molecule has 2 aromatic carbocycles. The predicted molar refractivity (Wildman–Crippen MR) is 108 cm³/mol. The molecule has 0 aliphatic carbocycles. The van der Waals surface area contributed by atoms with Crippen LogP contribution in [0.15, 0.2) is 60.2 Å². The predicted octanol–water partition coefficient (Wildman–Crippen LogP) is 4.57. The fourth-order valence-corrected chi connectivity index (χ4v) is 3.40. The summed E-state index contributed by atoms with van der Waals surface area (Å²) in [6.45, 7) is 0. The molecule has 2 heterocycles. The van der Waals surface area contributed by atoms with Crippen LogP contribution in [0, 0.1) is 21.4 Å². The number of nitro groups is 1. The van der Waals surface area contributed by atoms with Gasteiger partial charge in [-0.3, -0.25) is 15.2 Å². The summed E-state index contributed by atoms with van der Waals surface area (Å²) in [5, 5.41) is 33.6. The van der Waals surface area contributed by atoms with Crippen molar-refractivity contribution in [3.63, 3.8) is 0 Å². The van der Waals surface area contributed by atoms with Gasteiger partial charge >= 0.3 is 0 Å². The van der Waals surface area contributed by atoms with Gasteiger partial charge in [0.05, 0.1) is 22.3 Å². The molecule has 2 aromatic heterocycles. The molecule has 0 aliphatic heterocycles. The highest BCUT2D eigenvalue weighted by Gasteiger charge is 2.11. The van der Waals surface area contributed by atoms with Crippen LogP contribution in [0.1, 0.15) is 5.01 Å². The van der Waals surface area contributed by atoms with Gasteiger partial charge in [-0.2, -0.15) is 10.4 Å². The number of anilines is 1. The number of H-pyrrole nitrogens is 1. The first-order valence-electron chi connectivity index (χ1n) is 8.15. The Balaban J connectivity index is 1.55. The number of aromatic nitrogens is 3. The number of thiazole rings is 1. The van der Waals surface area contributed by atoms with Gasteiger partial charge in [0, 0.05) is 40.3 Å². The average molecular weight is 388 g/mol. The van der Waals surface area contributed by atoms with Crippen LogP contribution in [0.5, 0.6) is 0 Å². The van der Waals surface area contributed by atoms with Crippen LogP contribution in [-0.2, 0) is 0 Å². The van der Waals surface area contributed by atoms with Crippen molar-refractivity contribution in [2.75, 3.05) is 5.32 Å². The minimum absolute atomic E-state index is 0.0234. The van der Waals surface area contributed by atoms with E-state index < -0.39 is 4.92 Å². The molecule has 28 heavy (non-hydrogen) atoms. The maximum atomic E-state index is 10.8. The van der Waals surface area contributed by atoms with Crippen LogP contribution < -0.4 is 5.32 Å². The number of hydrogen-bond acceptors (Lipinski definition) is 7. The number of nitrogens with one attached hydrogen (secondary N) is 2. The van der Waals surface area contributed by atoms with Gasteiger partial charge in [0.2, 0.25) is 0 Å². The van der Waals surface area contributed by atoms with Crippen molar-refractivity contribution >= 4 is 39.2 Å². The number of aromatic amines is 1. The maximum absolute atomic E-state index is 10.8. The number of nitro benzene ring substituents is 1. The van der Waals surface area contributed by atoms with E-state index in [9.17, 15) is 15.4 Å². The van der Waals surface area contributed by atoms with Gasteiger partial charge in [-0.05, 0) is 30.3 Å². The third-order valence-electron chi connectivity index (χ3n) is 4.05. The largest absolute Gasteiger partial charge is 0.360 e. The van der Waals surface area contributed by atoms with Crippen LogP contribution in [0.4, 0.5) is 11.4 Å². The van der Waals surface area contributed by atoms with E-state index in [0.29, 0.717) is 16.3 Å². The second-order valence-electron chi connectivity index (χ2n) is 5.83. The molecule has 0 amide bonds. The highest BCUT2D eigenvalue weighted by molar-refractivity contribution is 7.11. The minimum Gasteiger partial charge on any atom is -0.360 e. The van der Waals surface area contributed by atoms with Crippen LogP contribution in [0.2, 0.25) is 0 Å². The number of allylic oxidation sites excluding steroid dienone is 1. The molecule has 0 radical (unpaired) electrons. The van der Waals surface area contributed by atoms with E-state index >= 15 is 0 Å². The monoisotopic (exact) mass is 388 g/mol. The van der Waals surface area contributed by atoms with Crippen molar-refractivity contribution in [3.8, 4) is 17.3 Å². The maximum Gasteiger partial charge on any atom is 0.269 e. The normalized spacial score (nSPS) is 11.3. The Kier molecular flexibility index (Phi) is 4.53. The van der Waals surface area contributed by atoms with Crippen LogP contribution in [0.3, 0.4) is 0 Å². The van der Waals surface area contributed by atoms with Crippen molar-refractivity contribution in [3.05, 3.63) is 75.4 Å². The summed E-state index contributed by atoms with van der Waals surface area (Å²) in [4.78, 5) is 14.8. The summed E-state index contributed by atoms with van der Waals surface area (Å²) in [6.07, 6.45) is 3.35. The van der Waals surface area contributed by atoms with Gasteiger partial charge in [-0.15, -0.1) is 11.3 Å². The number of nitrogens with zero attached hydrogens (tertiary/aromatic N) is 4. The van der Waals surface area contributed by atoms with Gasteiger partial charge in [0.15, 0.2) is 0 Å². The van der Waals surface area contributed by atoms with E-state index in [-0.39, 0.29) is 5.69 Å². The standard InChI is InChI=1S/C19H12N6O2S/c20-8-14(9-21-15-4-1-13-10-22-24-17(13)7-15)19-23-18(11-28-19)12-2-5-16(6-3-12)25(26)27/h1-7,9-11,21H,(H,22,24)/b14-9+. The molecule has 0 unspecified atom stereocenters. The average Bonchev–Trinajstić information content (AvgIpc) is 3.38. The number of fused-ring (bicyclic) bond motifs is 1. The smallest absolute Gasteiger partial charge is 0.269 e. The molecule has 0 fully saturated rings. The minimum atomic E-state index is -0.445. The fourth-order valence-electron chi connectivity index (χ4n) is 2.61. The van der Waals surface area contributed by atoms with Gasteiger partial charge in [-0.1, -0.05) is 0 Å².